The molecular formula is C16H23NO3. The maximum atomic E-state index is 12.0. The maximum Gasteiger partial charge on any atom is 0.220 e. The molecule has 20 heavy (non-hydrogen) atoms. The third-order valence-corrected chi connectivity index (χ3v) is 3.42. The number of benzene rings is 1. The van der Waals surface area contributed by atoms with Crippen LogP contribution in [0.1, 0.15) is 44.2 Å². The van der Waals surface area contributed by atoms with E-state index < -0.39 is 0 Å². The molecule has 1 atom stereocenters. The summed E-state index contributed by atoms with van der Waals surface area (Å²) in [6, 6.07) is 8.02. The van der Waals surface area contributed by atoms with Crippen molar-refractivity contribution in [2.75, 3.05) is 19.8 Å². The number of hydrogen-bond donors (Lipinski definition) is 1. The van der Waals surface area contributed by atoms with Gasteiger partial charge in [0.15, 0.2) is 0 Å². The Kier molecular flexibility index (Phi) is 5.87. The maximum absolute atomic E-state index is 12.0. The molecule has 0 saturated heterocycles. The van der Waals surface area contributed by atoms with E-state index in [1.54, 1.807) is 0 Å². The van der Waals surface area contributed by atoms with Gasteiger partial charge in [-0.05, 0) is 32.3 Å². The van der Waals surface area contributed by atoms with Gasteiger partial charge in [0.25, 0.3) is 0 Å². The Balaban J connectivity index is 1.90. The lowest BCUT2D eigenvalue weighted by Gasteiger charge is -2.18. The van der Waals surface area contributed by atoms with Crippen LogP contribution >= 0.6 is 0 Å². The topological polar surface area (TPSA) is 47.6 Å². The third-order valence-electron chi connectivity index (χ3n) is 3.42. The Morgan fingerprint density at radius 3 is 3.15 bits per heavy atom. The Labute approximate surface area is 120 Å². The Morgan fingerprint density at radius 2 is 2.30 bits per heavy atom. The fraction of sp³-hybridized carbons (Fsp3) is 0.562. The number of hydrogen-bond acceptors (Lipinski definition) is 3. The van der Waals surface area contributed by atoms with Gasteiger partial charge in [-0.25, -0.2) is 0 Å². The van der Waals surface area contributed by atoms with Crippen molar-refractivity contribution in [3.05, 3.63) is 29.8 Å². The highest BCUT2D eigenvalue weighted by molar-refractivity contribution is 5.76. The van der Waals surface area contributed by atoms with Gasteiger partial charge in [-0.3, -0.25) is 4.79 Å². The van der Waals surface area contributed by atoms with Crippen molar-refractivity contribution >= 4 is 5.91 Å². The molecule has 0 saturated carbocycles. The molecular weight excluding hydrogens is 254 g/mol. The zero-order valence-corrected chi connectivity index (χ0v) is 12.1. The third kappa shape index (κ3) is 4.23. The summed E-state index contributed by atoms with van der Waals surface area (Å²) in [4.78, 5) is 12.0. The molecule has 1 aliphatic rings. The van der Waals surface area contributed by atoms with Crippen molar-refractivity contribution in [3.63, 3.8) is 0 Å². The molecule has 0 bridgehead atoms. The number of ether oxygens (including phenoxy) is 2. The van der Waals surface area contributed by atoms with Crippen LogP contribution in [-0.4, -0.2) is 25.7 Å². The van der Waals surface area contributed by atoms with E-state index in [4.69, 9.17) is 9.47 Å². The molecule has 1 N–H and O–H groups in total. The average molecular weight is 277 g/mol. The van der Waals surface area contributed by atoms with Crippen molar-refractivity contribution in [2.24, 2.45) is 0 Å². The second kappa shape index (κ2) is 7.90. The highest BCUT2D eigenvalue weighted by Crippen LogP contribution is 2.31. The lowest BCUT2D eigenvalue weighted by atomic mass is 10.0. The number of carbonyl (C=O) groups excluding carboxylic acids is 1. The largest absolute Gasteiger partial charge is 0.493 e. The summed E-state index contributed by atoms with van der Waals surface area (Å²) in [7, 11) is 0. The predicted molar refractivity (Wildman–Crippen MR) is 77.8 cm³/mol. The number of amides is 1. The molecule has 1 aliphatic heterocycles. The first kappa shape index (κ1) is 14.9. The minimum Gasteiger partial charge on any atom is -0.493 e. The first-order valence-corrected chi connectivity index (χ1v) is 7.40. The molecule has 1 aromatic rings. The van der Waals surface area contributed by atoms with E-state index in [0.29, 0.717) is 26.2 Å². The second-order valence-electron chi connectivity index (χ2n) is 4.95. The first-order chi connectivity index (χ1) is 9.81. The summed E-state index contributed by atoms with van der Waals surface area (Å²) < 4.78 is 11.0. The van der Waals surface area contributed by atoms with Crippen LogP contribution in [-0.2, 0) is 9.53 Å². The highest BCUT2D eigenvalue weighted by Gasteiger charge is 2.20. The van der Waals surface area contributed by atoms with Crippen LogP contribution in [0.15, 0.2) is 24.3 Å². The summed E-state index contributed by atoms with van der Waals surface area (Å²) in [5.41, 5.74) is 1.09. The normalized spacial score (nSPS) is 17.8. The van der Waals surface area contributed by atoms with E-state index in [1.165, 1.54) is 0 Å². The van der Waals surface area contributed by atoms with Gasteiger partial charge in [-0.1, -0.05) is 18.2 Å². The number of rotatable bonds is 6. The monoisotopic (exact) mass is 277 g/mol. The summed E-state index contributed by atoms with van der Waals surface area (Å²) in [6.07, 6.45) is 3.16. The highest BCUT2D eigenvalue weighted by atomic mass is 16.5. The van der Waals surface area contributed by atoms with Crippen LogP contribution in [0.2, 0.25) is 0 Å². The van der Waals surface area contributed by atoms with Crippen molar-refractivity contribution in [3.8, 4) is 5.75 Å². The minimum atomic E-state index is 0.0632. The molecule has 1 amide bonds. The zero-order chi connectivity index (χ0) is 14.2. The number of fused-ring (bicyclic) bond motifs is 1. The van der Waals surface area contributed by atoms with Crippen molar-refractivity contribution in [1.29, 1.82) is 0 Å². The second-order valence-corrected chi connectivity index (χ2v) is 4.95. The number of nitrogens with one attached hydrogen (secondary N) is 1. The molecule has 4 nitrogen and oxygen atoms in total. The average Bonchev–Trinajstić information content (AvgIpc) is 2.67. The van der Waals surface area contributed by atoms with E-state index in [-0.39, 0.29) is 11.9 Å². The van der Waals surface area contributed by atoms with Crippen LogP contribution in [0, 0.1) is 0 Å². The summed E-state index contributed by atoms with van der Waals surface area (Å²) >= 11 is 0. The molecule has 2 rings (SSSR count). The quantitative estimate of drug-likeness (QED) is 0.813. The van der Waals surface area contributed by atoms with Crippen LogP contribution in [0.3, 0.4) is 0 Å². The van der Waals surface area contributed by atoms with Crippen LogP contribution in [0.25, 0.3) is 0 Å². The lowest BCUT2D eigenvalue weighted by molar-refractivity contribution is -0.122. The van der Waals surface area contributed by atoms with Gasteiger partial charge in [0.2, 0.25) is 5.91 Å². The molecule has 0 aliphatic carbocycles. The summed E-state index contributed by atoms with van der Waals surface area (Å²) in [5.74, 6) is 0.982. The molecule has 1 heterocycles. The zero-order valence-electron chi connectivity index (χ0n) is 12.1. The fourth-order valence-corrected chi connectivity index (χ4v) is 2.42. The van der Waals surface area contributed by atoms with Gasteiger partial charge in [-0.15, -0.1) is 0 Å². The van der Waals surface area contributed by atoms with Gasteiger partial charge in [0.05, 0.1) is 12.6 Å². The van der Waals surface area contributed by atoms with E-state index in [2.05, 4.69) is 5.32 Å². The van der Waals surface area contributed by atoms with Crippen molar-refractivity contribution < 1.29 is 14.3 Å². The molecule has 1 aromatic carbocycles. The van der Waals surface area contributed by atoms with Crippen LogP contribution in [0.5, 0.6) is 5.75 Å². The van der Waals surface area contributed by atoms with Crippen LogP contribution in [0.4, 0.5) is 0 Å². The van der Waals surface area contributed by atoms with E-state index in [1.807, 2.05) is 31.2 Å². The lowest BCUT2D eigenvalue weighted by Crippen LogP contribution is -2.28. The SMILES string of the molecule is CCOCCCC(=O)N[C@H]1CCCOc2ccccc21. The Hall–Kier alpha value is -1.55. The molecule has 0 aromatic heterocycles. The fourth-order valence-electron chi connectivity index (χ4n) is 2.42. The van der Waals surface area contributed by atoms with Gasteiger partial charge in [-0.2, -0.15) is 0 Å². The Bertz CT molecular complexity index is 433. The van der Waals surface area contributed by atoms with Gasteiger partial charge in [0.1, 0.15) is 5.75 Å². The molecule has 0 fully saturated rings. The predicted octanol–water partition coefficient (Wildman–Crippen LogP) is 2.83. The summed E-state index contributed by atoms with van der Waals surface area (Å²) in [5, 5.41) is 3.12. The van der Waals surface area contributed by atoms with Gasteiger partial charge in [0, 0.05) is 25.2 Å². The van der Waals surface area contributed by atoms with Crippen molar-refractivity contribution in [2.45, 2.75) is 38.6 Å². The smallest absolute Gasteiger partial charge is 0.220 e. The standard InChI is InChI=1S/C16H23NO3/c1-2-19-11-6-10-16(18)17-14-8-5-12-20-15-9-4-3-7-13(14)15/h3-4,7,9,14H,2,5-6,8,10-12H2,1H3,(H,17,18)/t14-/m0/s1. The van der Waals surface area contributed by atoms with E-state index in [0.717, 1.165) is 30.6 Å². The number of carbonyl (C=O) groups is 1. The Morgan fingerprint density at radius 1 is 1.45 bits per heavy atom. The minimum absolute atomic E-state index is 0.0632. The molecule has 0 unspecified atom stereocenters. The molecule has 0 spiro atoms. The van der Waals surface area contributed by atoms with E-state index >= 15 is 0 Å². The molecule has 4 heteroatoms. The van der Waals surface area contributed by atoms with E-state index in [9.17, 15) is 4.79 Å². The summed E-state index contributed by atoms with van der Waals surface area (Å²) in [6.45, 7) is 4.03. The first-order valence-electron chi connectivity index (χ1n) is 7.40. The molecule has 0 radical (unpaired) electrons. The van der Waals surface area contributed by atoms with Gasteiger partial charge < -0.3 is 14.8 Å². The van der Waals surface area contributed by atoms with Crippen LogP contribution < -0.4 is 10.1 Å². The number of para-hydroxylation sites is 1. The van der Waals surface area contributed by atoms with Crippen molar-refractivity contribution in [1.82, 2.24) is 5.32 Å². The van der Waals surface area contributed by atoms with Gasteiger partial charge >= 0.3 is 0 Å². The molecule has 110 valence electrons.